The molecule has 1 aromatic carbocycles. The largest absolute Gasteiger partial charge is 0.374 e. The number of nitrogens with zero attached hydrogens (tertiary/aromatic N) is 2. The van der Waals surface area contributed by atoms with Gasteiger partial charge in [0.15, 0.2) is 4.34 Å². The minimum Gasteiger partial charge on any atom is -0.374 e. The van der Waals surface area contributed by atoms with Crippen LogP contribution in [-0.4, -0.2) is 29.9 Å². The van der Waals surface area contributed by atoms with Crippen LogP contribution in [0.25, 0.3) is 0 Å². The van der Waals surface area contributed by atoms with Gasteiger partial charge in [-0.1, -0.05) is 54.1 Å². The van der Waals surface area contributed by atoms with Gasteiger partial charge in [0, 0.05) is 11.3 Å². The Kier molecular flexibility index (Phi) is 5.20. The third-order valence-corrected chi connectivity index (χ3v) is 7.48. The zero-order chi connectivity index (χ0) is 16.3. The summed E-state index contributed by atoms with van der Waals surface area (Å²) in [6, 6.07) is 8.37. The van der Waals surface area contributed by atoms with E-state index in [4.69, 9.17) is 5.73 Å². The molecule has 23 heavy (non-hydrogen) atoms. The van der Waals surface area contributed by atoms with Crippen molar-refractivity contribution in [3.05, 3.63) is 30.3 Å². The standard InChI is InChI=1S/C14H18N4O2S3/c15-13-16-17-14(22-13)21-12-9-5-4-8-11(12)18-23(19,20)10-6-2-1-3-7-10/h1-3,6-7,11-12,18H,4-5,8-9H2,(H2,15,16)/t11-,12+/m1/s1. The fraction of sp³-hybridized carbons (Fsp3) is 0.429. The molecular formula is C14H18N4O2S3. The van der Waals surface area contributed by atoms with Crippen molar-refractivity contribution in [2.75, 3.05) is 5.73 Å². The average molecular weight is 371 g/mol. The van der Waals surface area contributed by atoms with Gasteiger partial charge in [-0.3, -0.25) is 0 Å². The molecule has 0 amide bonds. The molecular weight excluding hydrogens is 352 g/mol. The molecule has 1 fully saturated rings. The Morgan fingerprint density at radius 3 is 2.61 bits per heavy atom. The summed E-state index contributed by atoms with van der Waals surface area (Å²) >= 11 is 2.91. The van der Waals surface area contributed by atoms with Gasteiger partial charge in [0.25, 0.3) is 0 Å². The first-order chi connectivity index (χ1) is 11.0. The third kappa shape index (κ3) is 4.23. The van der Waals surface area contributed by atoms with Crippen molar-refractivity contribution in [1.82, 2.24) is 14.9 Å². The maximum absolute atomic E-state index is 12.5. The van der Waals surface area contributed by atoms with Gasteiger partial charge < -0.3 is 5.73 Å². The van der Waals surface area contributed by atoms with Crippen LogP contribution in [0.3, 0.4) is 0 Å². The summed E-state index contributed by atoms with van der Waals surface area (Å²) in [6.07, 6.45) is 3.90. The van der Waals surface area contributed by atoms with Gasteiger partial charge in [-0.25, -0.2) is 13.1 Å². The lowest BCUT2D eigenvalue weighted by atomic mass is 9.96. The van der Waals surface area contributed by atoms with E-state index in [1.807, 2.05) is 0 Å². The lowest BCUT2D eigenvalue weighted by Crippen LogP contribution is -2.43. The van der Waals surface area contributed by atoms with Crippen LogP contribution in [-0.2, 0) is 10.0 Å². The van der Waals surface area contributed by atoms with Gasteiger partial charge in [-0.15, -0.1) is 10.2 Å². The Morgan fingerprint density at radius 2 is 1.91 bits per heavy atom. The number of hydrogen-bond donors (Lipinski definition) is 2. The van der Waals surface area contributed by atoms with Crippen LogP contribution in [0.1, 0.15) is 25.7 Å². The summed E-state index contributed by atoms with van der Waals surface area (Å²) in [4.78, 5) is 0.300. The van der Waals surface area contributed by atoms with Crippen LogP contribution in [0.2, 0.25) is 0 Å². The predicted octanol–water partition coefficient (Wildman–Crippen LogP) is 2.50. The number of sulfonamides is 1. The highest BCUT2D eigenvalue weighted by Gasteiger charge is 2.31. The van der Waals surface area contributed by atoms with Gasteiger partial charge in [-0.05, 0) is 25.0 Å². The summed E-state index contributed by atoms with van der Waals surface area (Å²) in [5.41, 5.74) is 5.62. The van der Waals surface area contributed by atoms with Gasteiger partial charge in [0.05, 0.1) is 4.90 Å². The van der Waals surface area contributed by atoms with Crippen LogP contribution in [0.15, 0.2) is 39.6 Å². The van der Waals surface area contributed by atoms with E-state index in [0.717, 1.165) is 30.0 Å². The zero-order valence-electron chi connectivity index (χ0n) is 12.4. The van der Waals surface area contributed by atoms with Crippen molar-refractivity contribution in [2.24, 2.45) is 0 Å². The van der Waals surface area contributed by atoms with E-state index in [9.17, 15) is 8.42 Å². The molecule has 0 spiro atoms. The molecule has 2 aromatic rings. The number of thioether (sulfide) groups is 1. The van der Waals surface area contributed by atoms with Crippen molar-refractivity contribution in [2.45, 2.75) is 46.2 Å². The minimum atomic E-state index is -3.50. The molecule has 3 rings (SSSR count). The SMILES string of the molecule is Nc1nnc(S[C@H]2CCCC[C@H]2NS(=O)(=O)c2ccccc2)s1. The Hall–Kier alpha value is -1.16. The highest BCUT2D eigenvalue weighted by Crippen LogP contribution is 2.36. The molecule has 0 radical (unpaired) electrons. The first-order valence-corrected chi connectivity index (χ1v) is 10.6. The van der Waals surface area contributed by atoms with Crippen molar-refractivity contribution in [3.8, 4) is 0 Å². The van der Waals surface area contributed by atoms with E-state index in [1.54, 1.807) is 42.1 Å². The van der Waals surface area contributed by atoms with Crippen molar-refractivity contribution < 1.29 is 8.42 Å². The van der Waals surface area contributed by atoms with Crippen LogP contribution in [0.4, 0.5) is 5.13 Å². The number of nitrogens with two attached hydrogens (primary N) is 1. The zero-order valence-corrected chi connectivity index (χ0v) is 14.8. The third-order valence-electron chi connectivity index (χ3n) is 3.74. The van der Waals surface area contributed by atoms with E-state index in [0.29, 0.717) is 10.0 Å². The molecule has 3 N–H and O–H groups in total. The number of rotatable bonds is 5. The molecule has 0 aliphatic heterocycles. The molecule has 0 unspecified atom stereocenters. The van der Waals surface area contributed by atoms with E-state index in [2.05, 4.69) is 14.9 Å². The molecule has 0 saturated heterocycles. The average Bonchev–Trinajstić information content (AvgIpc) is 2.95. The van der Waals surface area contributed by atoms with Crippen molar-refractivity contribution in [3.63, 3.8) is 0 Å². The van der Waals surface area contributed by atoms with Gasteiger partial charge in [-0.2, -0.15) is 0 Å². The molecule has 1 heterocycles. The first kappa shape index (κ1) is 16.7. The molecule has 124 valence electrons. The lowest BCUT2D eigenvalue weighted by molar-refractivity contribution is 0.423. The Labute approximate surface area is 143 Å². The maximum Gasteiger partial charge on any atom is 0.240 e. The number of hydrogen-bond acceptors (Lipinski definition) is 7. The number of anilines is 1. The van der Waals surface area contributed by atoms with Gasteiger partial charge >= 0.3 is 0 Å². The van der Waals surface area contributed by atoms with Crippen molar-refractivity contribution >= 4 is 38.3 Å². The molecule has 6 nitrogen and oxygen atoms in total. The minimum absolute atomic E-state index is 0.107. The second-order valence-corrected chi connectivity index (χ2v) is 9.60. The Balaban J connectivity index is 1.74. The second-order valence-electron chi connectivity index (χ2n) is 5.39. The molecule has 1 saturated carbocycles. The quantitative estimate of drug-likeness (QED) is 0.839. The maximum atomic E-state index is 12.5. The number of nitrogens with one attached hydrogen (secondary N) is 1. The molecule has 1 aliphatic carbocycles. The van der Waals surface area contributed by atoms with E-state index in [1.165, 1.54) is 11.3 Å². The number of benzene rings is 1. The van der Waals surface area contributed by atoms with Crippen LogP contribution in [0, 0.1) is 0 Å². The fourth-order valence-electron chi connectivity index (χ4n) is 2.64. The van der Waals surface area contributed by atoms with Gasteiger partial charge in [0.1, 0.15) is 0 Å². The van der Waals surface area contributed by atoms with Crippen LogP contribution in [0.5, 0.6) is 0 Å². The van der Waals surface area contributed by atoms with Crippen molar-refractivity contribution in [1.29, 1.82) is 0 Å². The molecule has 1 aromatic heterocycles. The van der Waals surface area contributed by atoms with E-state index >= 15 is 0 Å². The monoisotopic (exact) mass is 370 g/mol. The summed E-state index contributed by atoms with van der Waals surface area (Å²) in [6.45, 7) is 0. The predicted molar refractivity (Wildman–Crippen MR) is 93.0 cm³/mol. The summed E-state index contributed by atoms with van der Waals surface area (Å²) in [7, 11) is -3.50. The Morgan fingerprint density at radius 1 is 1.17 bits per heavy atom. The summed E-state index contributed by atoms with van der Waals surface area (Å²) in [5.74, 6) is 0. The molecule has 1 aliphatic rings. The number of aromatic nitrogens is 2. The summed E-state index contributed by atoms with van der Waals surface area (Å²) < 4.78 is 28.7. The lowest BCUT2D eigenvalue weighted by Gasteiger charge is -2.30. The molecule has 2 atom stereocenters. The molecule has 0 bridgehead atoms. The highest BCUT2D eigenvalue weighted by atomic mass is 32.2. The van der Waals surface area contributed by atoms with Crippen LogP contribution < -0.4 is 10.5 Å². The summed E-state index contributed by atoms with van der Waals surface area (Å²) in [5, 5.41) is 8.43. The normalized spacial score (nSPS) is 22.1. The smallest absolute Gasteiger partial charge is 0.240 e. The first-order valence-electron chi connectivity index (χ1n) is 7.37. The molecule has 9 heteroatoms. The number of nitrogen functional groups attached to an aromatic ring is 1. The fourth-order valence-corrected chi connectivity index (χ4v) is 6.22. The van der Waals surface area contributed by atoms with Crippen LogP contribution >= 0.6 is 23.1 Å². The highest BCUT2D eigenvalue weighted by molar-refractivity contribution is 8.01. The second kappa shape index (κ2) is 7.16. The van der Waals surface area contributed by atoms with Gasteiger partial charge in [0.2, 0.25) is 15.2 Å². The van der Waals surface area contributed by atoms with E-state index in [-0.39, 0.29) is 11.3 Å². The Bertz CT molecular complexity index is 748. The topological polar surface area (TPSA) is 98.0 Å². The van der Waals surface area contributed by atoms with E-state index < -0.39 is 10.0 Å².